The van der Waals surface area contributed by atoms with Crippen molar-refractivity contribution in [3.8, 4) is 6.07 Å². The van der Waals surface area contributed by atoms with E-state index in [0.29, 0.717) is 11.8 Å². The predicted molar refractivity (Wildman–Crippen MR) is 86.4 cm³/mol. The summed E-state index contributed by atoms with van der Waals surface area (Å²) in [6.45, 7) is 2.18. The Morgan fingerprint density at radius 3 is 2.14 bits per heavy atom. The Bertz CT molecular complexity index is 667. The van der Waals surface area contributed by atoms with Crippen molar-refractivity contribution < 1.29 is 0 Å². The van der Waals surface area contributed by atoms with Crippen LogP contribution in [0.3, 0.4) is 0 Å². The van der Waals surface area contributed by atoms with Gasteiger partial charge in [-0.1, -0.05) is 49.4 Å². The van der Waals surface area contributed by atoms with Gasteiger partial charge in [-0.25, -0.2) is 0 Å². The minimum Gasteiger partial charge on any atom is -0.378 e. The van der Waals surface area contributed by atoms with Crippen LogP contribution >= 0.6 is 0 Å². The molecule has 0 saturated heterocycles. The van der Waals surface area contributed by atoms with Gasteiger partial charge in [-0.15, -0.1) is 0 Å². The average molecular weight is 276 g/mol. The van der Waals surface area contributed by atoms with Crippen LogP contribution in [0.4, 0.5) is 5.69 Å². The molecule has 0 N–H and O–H groups in total. The van der Waals surface area contributed by atoms with Crippen molar-refractivity contribution in [2.45, 2.75) is 18.3 Å². The first-order chi connectivity index (χ1) is 10.1. The molecule has 2 nitrogen and oxygen atoms in total. The smallest absolute Gasteiger partial charge is 0.0925 e. The molecule has 0 spiro atoms. The van der Waals surface area contributed by atoms with Gasteiger partial charge in [0.05, 0.1) is 11.5 Å². The van der Waals surface area contributed by atoms with E-state index in [4.69, 9.17) is 0 Å². The zero-order chi connectivity index (χ0) is 15.0. The fourth-order valence-corrected chi connectivity index (χ4v) is 3.48. The molecule has 0 bridgehead atoms. The Morgan fingerprint density at radius 1 is 1.00 bits per heavy atom. The molecule has 106 valence electrons. The molecule has 0 radical (unpaired) electrons. The minimum atomic E-state index is -0.360. The summed E-state index contributed by atoms with van der Waals surface area (Å²) >= 11 is 0. The number of rotatable bonds is 3. The summed E-state index contributed by atoms with van der Waals surface area (Å²) in [6.07, 6.45) is 0. The fraction of sp³-hybridized carbons (Fsp3) is 0.316. The van der Waals surface area contributed by atoms with Crippen LogP contribution in [0.5, 0.6) is 0 Å². The molecule has 3 rings (SSSR count). The summed E-state index contributed by atoms with van der Waals surface area (Å²) in [5.41, 5.74) is 3.23. The van der Waals surface area contributed by atoms with E-state index >= 15 is 0 Å². The van der Waals surface area contributed by atoms with Gasteiger partial charge in [0.25, 0.3) is 0 Å². The van der Waals surface area contributed by atoms with Crippen LogP contribution in [0.2, 0.25) is 0 Å². The fourth-order valence-electron chi connectivity index (χ4n) is 3.48. The van der Waals surface area contributed by atoms with Gasteiger partial charge in [-0.05, 0) is 29.2 Å². The van der Waals surface area contributed by atoms with Crippen molar-refractivity contribution in [2.24, 2.45) is 5.92 Å². The van der Waals surface area contributed by atoms with Crippen molar-refractivity contribution in [1.29, 1.82) is 5.26 Å². The zero-order valence-electron chi connectivity index (χ0n) is 12.7. The predicted octanol–water partition coefficient (Wildman–Crippen LogP) is 3.95. The first-order valence-corrected chi connectivity index (χ1v) is 7.35. The molecule has 2 heteroatoms. The van der Waals surface area contributed by atoms with Gasteiger partial charge in [0, 0.05) is 25.7 Å². The maximum Gasteiger partial charge on any atom is 0.0925 e. The van der Waals surface area contributed by atoms with E-state index in [2.05, 4.69) is 54.3 Å². The maximum atomic E-state index is 9.80. The van der Waals surface area contributed by atoms with Gasteiger partial charge < -0.3 is 4.90 Å². The quantitative estimate of drug-likeness (QED) is 0.848. The number of nitrogens with zero attached hydrogens (tertiary/aromatic N) is 2. The molecule has 0 unspecified atom stereocenters. The normalized spacial score (nSPS) is 27.0. The minimum absolute atomic E-state index is 0.293. The van der Waals surface area contributed by atoms with Crippen molar-refractivity contribution in [2.75, 3.05) is 19.0 Å². The molecule has 0 aromatic heterocycles. The molecule has 2 aromatic carbocycles. The number of anilines is 1. The zero-order valence-corrected chi connectivity index (χ0v) is 12.7. The number of hydrogen-bond donors (Lipinski definition) is 0. The molecular weight excluding hydrogens is 256 g/mol. The maximum absolute atomic E-state index is 9.80. The number of nitriles is 1. The monoisotopic (exact) mass is 276 g/mol. The van der Waals surface area contributed by atoms with Gasteiger partial charge >= 0.3 is 0 Å². The summed E-state index contributed by atoms with van der Waals surface area (Å²) in [6, 6.07) is 21.4. The molecular formula is C19H20N2. The lowest BCUT2D eigenvalue weighted by Crippen LogP contribution is -2.09. The molecule has 1 saturated carbocycles. The second kappa shape index (κ2) is 4.93. The van der Waals surface area contributed by atoms with Gasteiger partial charge in [0.1, 0.15) is 0 Å². The van der Waals surface area contributed by atoms with E-state index in [-0.39, 0.29) is 5.41 Å². The van der Waals surface area contributed by atoms with Crippen LogP contribution in [0.1, 0.15) is 24.0 Å². The summed E-state index contributed by atoms with van der Waals surface area (Å²) in [5, 5.41) is 9.80. The van der Waals surface area contributed by atoms with Crippen LogP contribution in [-0.2, 0) is 5.41 Å². The van der Waals surface area contributed by atoms with E-state index in [1.807, 2.05) is 32.3 Å². The van der Waals surface area contributed by atoms with Crippen LogP contribution in [0.15, 0.2) is 54.6 Å². The lowest BCUT2D eigenvalue weighted by atomic mass is 9.91. The average Bonchev–Trinajstić information content (AvgIpc) is 3.14. The Kier molecular flexibility index (Phi) is 3.22. The second-order valence-corrected chi connectivity index (χ2v) is 6.10. The van der Waals surface area contributed by atoms with Crippen LogP contribution in [-0.4, -0.2) is 14.1 Å². The molecule has 3 atom stereocenters. The van der Waals surface area contributed by atoms with Crippen molar-refractivity contribution in [3.63, 3.8) is 0 Å². The SMILES string of the molecule is C[C@H]1[C@H](c2ccc(N(C)C)cc2)[C@@]1(C#N)c1ccccc1. The van der Waals surface area contributed by atoms with E-state index < -0.39 is 0 Å². The summed E-state index contributed by atoms with van der Waals surface area (Å²) in [7, 11) is 4.08. The molecule has 21 heavy (non-hydrogen) atoms. The van der Waals surface area contributed by atoms with E-state index in [1.165, 1.54) is 11.3 Å². The van der Waals surface area contributed by atoms with Gasteiger partial charge in [0.15, 0.2) is 0 Å². The van der Waals surface area contributed by atoms with E-state index in [0.717, 1.165) is 5.56 Å². The molecule has 2 aromatic rings. The first kappa shape index (κ1) is 13.7. The Labute approximate surface area is 126 Å². The summed E-state index contributed by atoms with van der Waals surface area (Å²) in [5.74, 6) is 0.649. The van der Waals surface area contributed by atoms with Crippen LogP contribution < -0.4 is 4.90 Å². The number of benzene rings is 2. The Morgan fingerprint density at radius 2 is 1.62 bits per heavy atom. The largest absolute Gasteiger partial charge is 0.378 e. The highest BCUT2D eigenvalue weighted by atomic mass is 15.1. The molecule has 0 heterocycles. The molecule has 1 aliphatic carbocycles. The number of hydrogen-bond acceptors (Lipinski definition) is 2. The van der Waals surface area contributed by atoms with Crippen molar-refractivity contribution in [1.82, 2.24) is 0 Å². The van der Waals surface area contributed by atoms with Crippen molar-refractivity contribution >= 4 is 5.69 Å². The van der Waals surface area contributed by atoms with E-state index in [9.17, 15) is 5.26 Å². The van der Waals surface area contributed by atoms with Crippen LogP contribution in [0, 0.1) is 17.2 Å². The van der Waals surface area contributed by atoms with Gasteiger partial charge in [-0.2, -0.15) is 5.26 Å². The lowest BCUT2D eigenvalue weighted by molar-refractivity contribution is 0.790. The summed E-state index contributed by atoms with van der Waals surface area (Å²) in [4.78, 5) is 2.09. The third-order valence-electron chi connectivity index (χ3n) is 4.80. The summed E-state index contributed by atoms with van der Waals surface area (Å²) < 4.78 is 0. The molecule has 0 aliphatic heterocycles. The molecule has 1 aliphatic rings. The standard InChI is InChI=1S/C19H20N2/c1-14-18(15-9-11-17(12-10-15)21(2)3)19(14,13-20)16-7-5-4-6-8-16/h4-12,14,18H,1-3H3/t14-,18+,19+/m0/s1. The third-order valence-corrected chi connectivity index (χ3v) is 4.80. The topological polar surface area (TPSA) is 27.0 Å². The van der Waals surface area contributed by atoms with Gasteiger partial charge in [0.2, 0.25) is 0 Å². The van der Waals surface area contributed by atoms with Crippen LogP contribution in [0.25, 0.3) is 0 Å². The second-order valence-electron chi connectivity index (χ2n) is 6.10. The van der Waals surface area contributed by atoms with Crippen molar-refractivity contribution in [3.05, 3.63) is 65.7 Å². The van der Waals surface area contributed by atoms with E-state index in [1.54, 1.807) is 0 Å². The highest BCUT2D eigenvalue weighted by Crippen LogP contribution is 2.65. The Hall–Kier alpha value is -2.27. The van der Waals surface area contributed by atoms with Gasteiger partial charge in [-0.3, -0.25) is 0 Å². The third kappa shape index (κ3) is 2.01. The molecule has 0 amide bonds. The molecule has 1 fully saturated rings. The highest BCUT2D eigenvalue weighted by Gasteiger charge is 2.64. The Balaban J connectivity index is 1.96. The lowest BCUT2D eigenvalue weighted by Gasteiger charge is -2.13. The highest BCUT2D eigenvalue weighted by molar-refractivity contribution is 5.54. The first-order valence-electron chi connectivity index (χ1n) is 7.35.